The fourth-order valence-electron chi connectivity index (χ4n) is 0.453. The quantitative estimate of drug-likeness (QED) is 0.412. The van der Waals surface area contributed by atoms with E-state index in [4.69, 9.17) is 5.73 Å². The topological polar surface area (TPSA) is 26.0 Å². The third-order valence-electron chi connectivity index (χ3n) is 0.800. The van der Waals surface area contributed by atoms with Crippen molar-refractivity contribution in [3.8, 4) is 0 Å². The molecule has 1 radical (unpaired) electrons. The molecule has 8 heavy (non-hydrogen) atoms. The van der Waals surface area contributed by atoms with Crippen molar-refractivity contribution >= 4 is 57.1 Å². The van der Waals surface area contributed by atoms with Crippen LogP contribution >= 0.6 is 0 Å². The van der Waals surface area contributed by atoms with Gasteiger partial charge < -0.3 is 5.73 Å². The molecule has 0 atom stereocenters. The van der Waals surface area contributed by atoms with Gasteiger partial charge in [0.05, 0.1) is 0 Å². The number of benzene rings is 1. The fraction of sp³-hybridized carbons (Fsp3) is 0. The zero-order valence-corrected chi connectivity index (χ0v) is 8.09. The normalized spacial score (nSPS) is 7.50. The van der Waals surface area contributed by atoms with E-state index < -0.39 is 0 Å². The van der Waals surface area contributed by atoms with E-state index in [0.717, 1.165) is 5.69 Å². The predicted molar refractivity (Wildman–Crippen MR) is 36.6 cm³/mol. The number of nitrogen functional groups attached to an aromatic ring is 1. The minimum atomic E-state index is 0. The van der Waals surface area contributed by atoms with Crippen LogP contribution in [0.5, 0.6) is 0 Å². The minimum Gasteiger partial charge on any atom is -0.399 e. The van der Waals surface area contributed by atoms with Crippen LogP contribution in [0, 0.1) is 0 Å². The standard InChI is InChI=1S/C6H7N.K/c7-6-4-2-1-3-5-6;/h1-5H,7H2;. The van der Waals surface area contributed by atoms with Crippen molar-refractivity contribution in [2.24, 2.45) is 0 Å². The molecule has 0 aliphatic heterocycles. The maximum Gasteiger partial charge on any atom is 0.0313 e. The summed E-state index contributed by atoms with van der Waals surface area (Å²) in [4.78, 5) is 0. The van der Waals surface area contributed by atoms with Gasteiger partial charge in [0.1, 0.15) is 0 Å². The fourth-order valence-corrected chi connectivity index (χ4v) is 0.453. The second kappa shape index (κ2) is 4.53. The molecule has 37 valence electrons. The van der Waals surface area contributed by atoms with E-state index in [0.29, 0.717) is 0 Å². The molecule has 2 heteroatoms. The van der Waals surface area contributed by atoms with Gasteiger partial charge in [-0.3, -0.25) is 0 Å². The summed E-state index contributed by atoms with van der Waals surface area (Å²) >= 11 is 0. The molecule has 1 aromatic rings. The van der Waals surface area contributed by atoms with Crippen molar-refractivity contribution < 1.29 is 0 Å². The molecule has 0 unspecified atom stereocenters. The Hall–Kier alpha value is 0.656. The van der Waals surface area contributed by atoms with E-state index in [2.05, 4.69) is 0 Å². The summed E-state index contributed by atoms with van der Waals surface area (Å²) in [6.07, 6.45) is 0. The first-order valence-corrected chi connectivity index (χ1v) is 2.20. The van der Waals surface area contributed by atoms with Gasteiger partial charge in [0.2, 0.25) is 0 Å². The maximum absolute atomic E-state index is 5.36. The van der Waals surface area contributed by atoms with E-state index >= 15 is 0 Å². The van der Waals surface area contributed by atoms with Crippen LogP contribution in [0.4, 0.5) is 5.69 Å². The number of nitrogens with two attached hydrogens (primary N) is 1. The van der Waals surface area contributed by atoms with Crippen molar-refractivity contribution in [3.63, 3.8) is 0 Å². The number of para-hydroxylation sites is 1. The second-order valence-electron chi connectivity index (χ2n) is 1.41. The first kappa shape index (κ1) is 8.66. The average molecular weight is 132 g/mol. The first-order chi connectivity index (χ1) is 3.39. The molecule has 0 aromatic heterocycles. The molecule has 0 amide bonds. The maximum atomic E-state index is 5.36. The minimum absolute atomic E-state index is 0. The Bertz CT molecular complexity index is 138. The number of rotatable bonds is 0. The number of hydrogen-bond acceptors (Lipinski definition) is 1. The Labute approximate surface area is 91.7 Å². The summed E-state index contributed by atoms with van der Waals surface area (Å²) in [7, 11) is 0. The largest absolute Gasteiger partial charge is 0.399 e. The molecule has 0 saturated heterocycles. The van der Waals surface area contributed by atoms with Gasteiger partial charge in [0.15, 0.2) is 0 Å². The number of hydrogen-bond donors (Lipinski definition) is 1. The summed E-state index contributed by atoms with van der Waals surface area (Å²) < 4.78 is 0. The van der Waals surface area contributed by atoms with E-state index in [1.807, 2.05) is 30.3 Å². The van der Waals surface area contributed by atoms with Gasteiger partial charge in [-0.15, -0.1) is 0 Å². The summed E-state index contributed by atoms with van der Waals surface area (Å²) in [5, 5.41) is 0. The van der Waals surface area contributed by atoms with Gasteiger partial charge in [-0.25, -0.2) is 0 Å². The van der Waals surface area contributed by atoms with E-state index in [1.54, 1.807) is 0 Å². The summed E-state index contributed by atoms with van der Waals surface area (Å²) in [6, 6.07) is 9.49. The number of anilines is 1. The third kappa shape index (κ3) is 2.84. The van der Waals surface area contributed by atoms with Crippen LogP contribution in [-0.2, 0) is 0 Å². The van der Waals surface area contributed by atoms with Gasteiger partial charge in [-0.2, -0.15) is 0 Å². The van der Waals surface area contributed by atoms with Gasteiger partial charge >= 0.3 is 0 Å². The van der Waals surface area contributed by atoms with E-state index in [1.165, 1.54) is 0 Å². The Morgan fingerprint density at radius 2 is 1.50 bits per heavy atom. The Morgan fingerprint density at radius 3 is 1.75 bits per heavy atom. The van der Waals surface area contributed by atoms with Gasteiger partial charge in [0.25, 0.3) is 0 Å². The molecule has 0 aliphatic carbocycles. The van der Waals surface area contributed by atoms with Crippen LogP contribution in [-0.4, -0.2) is 51.4 Å². The zero-order chi connectivity index (χ0) is 5.11. The van der Waals surface area contributed by atoms with Crippen molar-refractivity contribution in [2.75, 3.05) is 5.73 Å². The molecular weight excluding hydrogens is 125 g/mol. The Balaban J connectivity index is 0.000000490. The van der Waals surface area contributed by atoms with E-state index in [9.17, 15) is 0 Å². The van der Waals surface area contributed by atoms with Crippen LogP contribution in [0.2, 0.25) is 0 Å². The molecule has 1 nitrogen and oxygen atoms in total. The molecule has 0 saturated carbocycles. The Kier molecular flexibility index (Phi) is 4.90. The Morgan fingerprint density at radius 1 is 1.00 bits per heavy atom. The van der Waals surface area contributed by atoms with Crippen LogP contribution in [0.15, 0.2) is 30.3 Å². The molecular formula is C6H7KN. The van der Waals surface area contributed by atoms with Crippen LogP contribution in [0.1, 0.15) is 0 Å². The zero-order valence-electron chi connectivity index (χ0n) is 4.96. The van der Waals surface area contributed by atoms with Crippen molar-refractivity contribution in [1.29, 1.82) is 0 Å². The van der Waals surface area contributed by atoms with Crippen LogP contribution in [0.25, 0.3) is 0 Å². The monoisotopic (exact) mass is 132 g/mol. The van der Waals surface area contributed by atoms with Crippen molar-refractivity contribution in [1.82, 2.24) is 0 Å². The second-order valence-corrected chi connectivity index (χ2v) is 1.41. The SMILES string of the molecule is Nc1ccccc1.[K]. The molecule has 1 rings (SSSR count). The van der Waals surface area contributed by atoms with Gasteiger partial charge in [-0.1, -0.05) is 18.2 Å². The average Bonchev–Trinajstić information content (AvgIpc) is 1.69. The van der Waals surface area contributed by atoms with Gasteiger partial charge in [-0.05, 0) is 12.1 Å². The molecule has 0 aliphatic rings. The third-order valence-corrected chi connectivity index (χ3v) is 0.800. The predicted octanol–water partition coefficient (Wildman–Crippen LogP) is 0.888. The van der Waals surface area contributed by atoms with Crippen molar-refractivity contribution in [3.05, 3.63) is 30.3 Å². The summed E-state index contributed by atoms with van der Waals surface area (Å²) in [6.45, 7) is 0. The van der Waals surface area contributed by atoms with Crippen LogP contribution < -0.4 is 5.73 Å². The smallest absolute Gasteiger partial charge is 0.0313 e. The molecule has 1 aromatic carbocycles. The molecule has 0 bridgehead atoms. The van der Waals surface area contributed by atoms with Gasteiger partial charge in [0, 0.05) is 57.1 Å². The molecule has 2 N–H and O–H groups in total. The molecule has 0 spiro atoms. The molecule has 0 heterocycles. The summed E-state index contributed by atoms with van der Waals surface area (Å²) in [5.74, 6) is 0. The van der Waals surface area contributed by atoms with E-state index in [-0.39, 0.29) is 51.4 Å². The van der Waals surface area contributed by atoms with Crippen molar-refractivity contribution in [2.45, 2.75) is 0 Å². The van der Waals surface area contributed by atoms with Crippen LogP contribution in [0.3, 0.4) is 0 Å². The molecule has 0 fully saturated rings. The summed E-state index contributed by atoms with van der Waals surface area (Å²) in [5.41, 5.74) is 6.18. The first-order valence-electron chi connectivity index (χ1n) is 2.20.